The molecule has 2 aliphatic heterocycles. The molecule has 0 saturated carbocycles. The number of benzene rings is 1. The summed E-state index contributed by atoms with van der Waals surface area (Å²) in [6.07, 6.45) is -6.34. The predicted octanol–water partition coefficient (Wildman–Crippen LogP) is 1.45. The summed E-state index contributed by atoms with van der Waals surface area (Å²) in [7, 11) is -0.588. The third-order valence-electron chi connectivity index (χ3n) is 6.61. The van der Waals surface area contributed by atoms with Gasteiger partial charge in [0.1, 0.15) is 18.5 Å². The van der Waals surface area contributed by atoms with E-state index in [9.17, 15) is 19.2 Å². The number of hydrogen-bond donors (Lipinski definition) is 0. The Hall–Kier alpha value is -3.16. The Kier molecular flexibility index (Phi) is 9.29. The molecule has 2 saturated heterocycles. The van der Waals surface area contributed by atoms with Crippen LogP contribution in [-0.2, 0) is 52.2 Å². The quantitative estimate of drug-likeness (QED) is 0.263. The van der Waals surface area contributed by atoms with Crippen LogP contribution >= 0.6 is 0 Å². The normalized spacial score (nSPS) is 27.3. The second-order valence-electron chi connectivity index (χ2n) is 10.3. The molecule has 214 valence electrons. The van der Waals surface area contributed by atoms with E-state index < -0.39 is 72.9 Å². The molecule has 0 radical (unpaired) electrons. The highest BCUT2D eigenvalue weighted by Crippen LogP contribution is 2.37. The molecule has 0 spiro atoms. The van der Waals surface area contributed by atoms with Gasteiger partial charge in [-0.25, -0.2) is 0 Å². The van der Waals surface area contributed by atoms with Crippen molar-refractivity contribution < 1.29 is 56.9 Å². The Morgan fingerprint density at radius 2 is 1.23 bits per heavy atom. The van der Waals surface area contributed by atoms with Gasteiger partial charge in [0.2, 0.25) is 12.4 Å². The van der Waals surface area contributed by atoms with Crippen molar-refractivity contribution in [3.8, 4) is 5.75 Å². The maximum atomic E-state index is 12.0. The van der Waals surface area contributed by atoms with E-state index in [4.69, 9.17) is 37.7 Å². The van der Waals surface area contributed by atoms with Gasteiger partial charge in [0.05, 0.1) is 11.2 Å². The maximum Gasteiger partial charge on any atom is 0.494 e. The van der Waals surface area contributed by atoms with Crippen LogP contribution in [0, 0.1) is 0 Å². The molecule has 0 bridgehead atoms. The smallest absolute Gasteiger partial charge is 0.463 e. The number of hydrogen-bond acceptors (Lipinski definition) is 12. The molecule has 5 unspecified atom stereocenters. The fraction of sp³-hybridized carbons (Fsp3) is 0.615. The Morgan fingerprint density at radius 1 is 0.744 bits per heavy atom. The van der Waals surface area contributed by atoms with Gasteiger partial charge in [0.15, 0.2) is 12.2 Å². The molecular weight excluding hydrogens is 515 g/mol. The summed E-state index contributed by atoms with van der Waals surface area (Å²) in [5, 5.41) is 0. The van der Waals surface area contributed by atoms with Crippen LogP contribution < -0.4 is 10.2 Å². The van der Waals surface area contributed by atoms with E-state index in [0.717, 1.165) is 26.2 Å². The molecule has 0 amide bonds. The number of ether oxygens (including phenoxy) is 6. The van der Waals surface area contributed by atoms with E-state index in [1.54, 1.807) is 24.3 Å². The summed E-state index contributed by atoms with van der Waals surface area (Å²) in [5.74, 6) is -2.45. The van der Waals surface area contributed by atoms with Crippen molar-refractivity contribution in [2.45, 2.75) is 97.3 Å². The van der Waals surface area contributed by atoms with Crippen LogP contribution in [0.25, 0.3) is 0 Å². The van der Waals surface area contributed by atoms with E-state index in [1.807, 2.05) is 27.7 Å². The average Bonchev–Trinajstić information content (AvgIpc) is 3.02. The Bertz CT molecular complexity index is 1050. The molecule has 5 atom stereocenters. The Balaban J connectivity index is 1.89. The van der Waals surface area contributed by atoms with Gasteiger partial charge in [-0.3, -0.25) is 19.2 Å². The monoisotopic (exact) mass is 550 g/mol. The largest absolute Gasteiger partial charge is 0.494 e. The van der Waals surface area contributed by atoms with Crippen molar-refractivity contribution >= 4 is 36.5 Å². The first-order valence-corrected chi connectivity index (χ1v) is 12.5. The first-order chi connectivity index (χ1) is 18.1. The highest BCUT2D eigenvalue weighted by Gasteiger charge is 2.54. The Morgan fingerprint density at radius 3 is 1.72 bits per heavy atom. The SMILES string of the molecule is CC(=O)OCC1OC(Oc2ccc(B3OC(C)(C)C(C)(C)O3)cc2)C(OC(C)=O)C(OC(C)=O)C1OC(C)=O. The maximum absolute atomic E-state index is 12.0. The lowest BCUT2D eigenvalue weighted by atomic mass is 9.79. The summed E-state index contributed by atoms with van der Waals surface area (Å²) < 4.78 is 45.4. The van der Waals surface area contributed by atoms with Crippen LogP contribution in [0.1, 0.15) is 55.4 Å². The van der Waals surface area contributed by atoms with Gasteiger partial charge >= 0.3 is 31.0 Å². The minimum Gasteiger partial charge on any atom is -0.463 e. The van der Waals surface area contributed by atoms with E-state index in [2.05, 4.69) is 0 Å². The molecule has 0 aliphatic carbocycles. The minimum atomic E-state index is -1.33. The first-order valence-electron chi connectivity index (χ1n) is 12.5. The standard InChI is InChI=1S/C26H35BO12/c1-14(28)32-13-20-21(33-15(2)29)22(34-16(3)30)23(35-17(4)31)24(37-20)36-19-11-9-18(10-12-19)27-38-25(5,6)26(7,8)39-27/h9-12,20-24H,13H2,1-8H3. The Labute approximate surface area is 227 Å². The highest BCUT2D eigenvalue weighted by atomic mass is 16.7. The van der Waals surface area contributed by atoms with Crippen molar-refractivity contribution in [3.63, 3.8) is 0 Å². The van der Waals surface area contributed by atoms with Gasteiger partial charge in [-0.05, 0) is 45.3 Å². The fourth-order valence-corrected chi connectivity index (χ4v) is 4.10. The van der Waals surface area contributed by atoms with Gasteiger partial charge in [0.25, 0.3) is 0 Å². The predicted molar refractivity (Wildman–Crippen MR) is 135 cm³/mol. The van der Waals surface area contributed by atoms with Crippen LogP contribution in [-0.4, -0.2) is 79.5 Å². The topological polar surface area (TPSA) is 142 Å². The molecule has 13 heteroatoms. The van der Waals surface area contributed by atoms with Crippen molar-refractivity contribution in [3.05, 3.63) is 24.3 Å². The highest BCUT2D eigenvalue weighted by molar-refractivity contribution is 6.62. The van der Waals surface area contributed by atoms with Crippen LogP contribution in [0.3, 0.4) is 0 Å². The van der Waals surface area contributed by atoms with Gasteiger partial charge in [-0.1, -0.05) is 12.1 Å². The summed E-state index contributed by atoms with van der Waals surface area (Å²) >= 11 is 0. The summed E-state index contributed by atoms with van der Waals surface area (Å²) in [5.41, 5.74) is -0.273. The number of rotatable bonds is 8. The molecule has 1 aromatic carbocycles. The summed E-state index contributed by atoms with van der Waals surface area (Å²) in [6, 6.07) is 6.80. The lowest BCUT2D eigenvalue weighted by Gasteiger charge is -2.43. The number of carbonyl (C=O) groups excluding carboxylic acids is 4. The minimum absolute atomic E-state index is 0.316. The molecule has 12 nitrogen and oxygen atoms in total. The van der Waals surface area contributed by atoms with Crippen LogP contribution in [0.2, 0.25) is 0 Å². The molecule has 1 aromatic rings. The second-order valence-corrected chi connectivity index (χ2v) is 10.3. The van der Waals surface area contributed by atoms with E-state index in [0.29, 0.717) is 5.75 Å². The van der Waals surface area contributed by atoms with Crippen molar-refractivity contribution in [1.29, 1.82) is 0 Å². The van der Waals surface area contributed by atoms with Crippen LogP contribution in [0.15, 0.2) is 24.3 Å². The van der Waals surface area contributed by atoms with E-state index in [-0.39, 0.29) is 6.61 Å². The van der Waals surface area contributed by atoms with Crippen molar-refractivity contribution in [1.82, 2.24) is 0 Å². The average molecular weight is 550 g/mol. The number of carbonyl (C=O) groups is 4. The zero-order valence-corrected chi connectivity index (χ0v) is 23.4. The lowest BCUT2D eigenvalue weighted by molar-refractivity contribution is -0.288. The van der Waals surface area contributed by atoms with Crippen molar-refractivity contribution in [2.24, 2.45) is 0 Å². The molecular formula is C26H35BO12. The van der Waals surface area contributed by atoms with Gasteiger partial charge in [0, 0.05) is 27.7 Å². The fourth-order valence-electron chi connectivity index (χ4n) is 4.10. The van der Waals surface area contributed by atoms with Gasteiger partial charge < -0.3 is 37.7 Å². The molecule has 0 N–H and O–H groups in total. The third kappa shape index (κ3) is 7.49. The summed E-state index contributed by atoms with van der Waals surface area (Å²) in [6.45, 7) is 12.1. The van der Waals surface area contributed by atoms with Gasteiger partial charge in [-0.15, -0.1) is 0 Å². The zero-order chi connectivity index (χ0) is 29.1. The molecule has 2 aliphatic rings. The second kappa shape index (κ2) is 11.9. The molecule has 0 aromatic heterocycles. The third-order valence-corrected chi connectivity index (χ3v) is 6.61. The van der Waals surface area contributed by atoms with Crippen LogP contribution in [0.5, 0.6) is 5.75 Å². The van der Waals surface area contributed by atoms with E-state index >= 15 is 0 Å². The van der Waals surface area contributed by atoms with E-state index in [1.165, 1.54) is 6.92 Å². The zero-order valence-electron chi connectivity index (χ0n) is 23.4. The first kappa shape index (κ1) is 30.4. The molecule has 2 heterocycles. The van der Waals surface area contributed by atoms with Gasteiger partial charge in [-0.2, -0.15) is 0 Å². The van der Waals surface area contributed by atoms with Crippen molar-refractivity contribution in [2.75, 3.05) is 6.61 Å². The molecule has 2 fully saturated rings. The lowest BCUT2D eigenvalue weighted by Crippen LogP contribution is -2.63. The summed E-state index contributed by atoms with van der Waals surface area (Å²) in [4.78, 5) is 47.3. The number of esters is 4. The molecule has 3 rings (SSSR count). The molecule has 39 heavy (non-hydrogen) atoms. The van der Waals surface area contributed by atoms with Crippen LogP contribution in [0.4, 0.5) is 0 Å².